The van der Waals surface area contributed by atoms with E-state index in [0.717, 1.165) is 13.0 Å². The Morgan fingerprint density at radius 3 is 3.00 bits per heavy atom. The van der Waals surface area contributed by atoms with E-state index in [4.69, 9.17) is 16.3 Å². The van der Waals surface area contributed by atoms with Gasteiger partial charge in [0, 0.05) is 30.5 Å². The molecule has 1 aliphatic heterocycles. The van der Waals surface area contributed by atoms with Crippen molar-refractivity contribution >= 4 is 17.5 Å². The maximum absolute atomic E-state index is 12.1. The van der Waals surface area contributed by atoms with E-state index in [9.17, 15) is 4.79 Å². The van der Waals surface area contributed by atoms with Crippen LogP contribution >= 0.6 is 11.6 Å². The summed E-state index contributed by atoms with van der Waals surface area (Å²) < 4.78 is 5.91. The molecule has 2 aromatic heterocycles. The number of carbonyl (C=O) groups excluding carboxylic acids is 1. The van der Waals surface area contributed by atoms with Crippen LogP contribution in [0.15, 0.2) is 30.9 Å². The van der Waals surface area contributed by atoms with Crippen molar-refractivity contribution in [3.05, 3.63) is 47.3 Å². The molecule has 7 nitrogen and oxygen atoms in total. The van der Waals surface area contributed by atoms with Gasteiger partial charge in [0.05, 0.1) is 12.4 Å². The minimum atomic E-state index is -0.315. The van der Waals surface area contributed by atoms with E-state index < -0.39 is 0 Å². The van der Waals surface area contributed by atoms with Crippen molar-refractivity contribution in [3.63, 3.8) is 0 Å². The Hall–Kier alpha value is -2.25. The van der Waals surface area contributed by atoms with Crippen LogP contribution in [-0.2, 0) is 6.54 Å². The molecule has 1 amide bonds. The van der Waals surface area contributed by atoms with Crippen LogP contribution in [0.3, 0.4) is 0 Å². The third kappa shape index (κ3) is 4.89. The van der Waals surface area contributed by atoms with Gasteiger partial charge in [-0.1, -0.05) is 18.0 Å². The summed E-state index contributed by atoms with van der Waals surface area (Å²) in [4.78, 5) is 26.4. The molecule has 26 heavy (non-hydrogen) atoms. The van der Waals surface area contributed by atoms with E-state index in [1.54, 1.807) is 6.20 Å². The molecule has 0 bridgehead atoms. The molecule has 0 aromatic carbocycles. The minimum Gasteiger partial charge on any atom is -0.490 e. The average Bonchev–Trinajstić information content (AvgIpc) is 2.68. The molecule has 1 N–H and O–H groups in total. The molecule has 1 saturated heterocycles. The van der Waals surface area contributed by atoms with E-state index in [-0.39, 0.29) is 18.1 Å². The number of hydrogen-bond acceptors (Lipinski definition) is 6. The highest BCUT2D eigenvalue weighted by Gasteiger charge is 2.19. The average molecular weight is 376 g/mol. The number of likely N-dealkylation sites (N-methyl/N-ethyl adjacent to an activating group) is 1. The largest absolute Gasteiger partial charge is 0.490 e. The van der Waals surface area contributed by atoms with Crippen molar-refractivity contribution in [2.45, 2.75) is 31.8 Å². The van der Waals surface area contributed by atoms with E-state index in [1.165, 1.54) is 31.4 Å². The standard InChI is InChI=1S/C18H22ClN5O2/c1-24-7-3-2-4-14(24)12-26-15-8-13(17(19)22-10-15)9-23-18(25)16-11-20-5-6-21-16/h5-6,8,10-11,14H,2-4,7,9,12H2,1H3,(H,23,25)/t14-/m0/s1. The molecular weight excluding hydrogens is 354 g/mol. The summed E-state index contributed by atoms with van der Waals surface area (Å²) in [7, 11) is 2.13. The fraction of sp³-hybridized carbons (Fsp3) is 0.444. The highest BCUT2D eigenvalue weighted by Crippen LogP contribution is 2.21. The molecule has 3 heterocycles. The predicted molar refractivity (Wildman–Crippen MR) is 98.2 cm³/mol. The zero-order chi connectivity index (χ0) is 18.4. The number of piperidine rings is 1. The number of aromatic nitrogens is 3. The lowest BCUT2D eigenvalue weighted by Gasteiger charge is -2.32. The van der Waals surface area contributed by atoms with Gasteiger partial charge in [0.2, 0.25) is 0 Å². The Morgan fingerprint density at radius 1 is 1.35 bits per heavy atom. The molecule has 1 atom stereocenters. The zero-order valence-electron chi connectivity index (χ0n) is 14.7. The number of ether oxygens (including phenoxy) is 1. The van der Waals surface area contributed by atoms with Gasteiger partial charge in [-0.2, -0.15) is 0 Å². The number of nitrogens with zero attached hydrogens (tertiary/aromatic N) is 4. The van der Waals surface area contributed by atoms with Crippen LogP contribution in [0.25, 0.3) is 0 Å². The van der Waals surface area contributed by atoms with Crippen LogP contribution in [0.1, 0.15) is 35.3 Å². The maximum Gasteiger partial charge on any atom is 0.271 e. The van der Waals surface area contributed by atoms with Gasteiger partial charge in [0.15, 0.2) is 0 Å². The number of hydrogen-bond donors (Lipinski definition) is 1. The molecule has 0 spiro atoms. The molecule has 3 rings (SSSR count). The van der Waals surface area contributed by atoms with Crippen molar-refractivity contribution in [3.8, 4) is 5.75 Å². The van der Waals surface area contributed by atoms with Crippen LogP contribution < -0.4 is 10.1 Å². The summed E-state index contributed by atoms with van der Waals surface area (Å²) in [6.45, 7) is 1.96. The second-order valence-corrected chi connectivity index (χ2v) is 6.69. The lowest BCUT2D eigenvalue weighted by molar-refractivity contribution is 0.0945. The highest BCUT2D eigenvalue weighted by atomic mass is 35.5. The van der Waals surface area contributed by atoms with Gasteiger partial charge in [-0.3, -0.25) is 9.78 Å². The summed E-state index contributed by atoms with van der Waals surface area (Å²) >= 11 is 6.14. The smallest absolute Gasteiger partial charge is 0.271 e. The summed E-state index contributed by atoms with van der Waals surface area (Å²) in [5.41, 5.74) is 0.947. The topological polar surface area (TPSA) is 80.2 Å². The van der Waals surface area contributed by atoms with Crippen molar-refractivity contribution in [2.24, 2.45) is 0 Å². The van der Waals surface area contributed by atoms with Gasteiger partial charge in [0.1, 0.15) is 23.2 Å². The molecule has 0 unspecified atom stereocenters. The SMILES string of the molecule is CN1CCCC[C@H]1COc1cnc(Cl)c(CNC(=O)c2cnccn2)c1. The van der Waals surface area contributed by atoms with Crippen molar-refractivity contribution in [1.82, 2.24) is 25.2 Å². The number of carbonyl (C=O) groups is 1. The number of likely N-dealkylation sites (tertiary alicyclic amines) is 1. The van der Waals surface area contributed by atoms with E-state index in [2.05, 4.69) is 32.2 Å². The van der Waals surface area contributed by atoms with Crippen molar-refractivity contribution < 1.29 is 9.53 Å². The summed E-state index contributed by atoms with van der Waals surface area (Å²) in [5.74, 6) is 0.335. The monoisotopic (exact) mass is 375 g/mol. The Balaban J connectivity index is 1.57. The first-order valence-electron chi connectivity index (χ1n) is 8.65. The van der Waals surface area contributed by atoms with E-state index in [0.29, 0.717) is 29.1 Å². The Kier molecular flexibility index (Phi) is 6.35. The van der Waals surface area contributed by atoms with Crippen molar-refractivity contribution in [1.29, 1.82) is 0 Å². The lowest BCUT2D eigenvalue weighted by Crippen LogP contribution is -2.40. The number of pyridine rings is 1. The van der Waals surface area contributed by atoms with Crippen LogP contribution in [0.4, 0.5) is 0 Å². The third-order valence-electron chi connectivity index (χ3n) is 4.49. The molecule has 1 aliphatic rings. The van der Waals surface area contributed by atoms with Crippen LogP contribution in [0.2, 0.25) is 5.15 Å². The van der Waals surface area contributed by atoms with E-state index in [1.807, 2.05) is 6.07 Å². The highest BCUT2D eigenvalue weighted by molar-refractivity contribution is 6.30. The lowest BCUT2D eigenvalue weighted by atomic mass is 10.0. The number of nitrogens with one attached hydrogen (secondary N) is 1. The quantitative estimate of drug-likeness (QED) is 0.780. The molecule has 2 aromatic rings. The van der Waals surface area contributed by atoms with Gasteiger partial charge in [-0.15, -0.1) is 0 Å². The molecule has 0 aliphatic carbocycles. The van der Waals surface area contributed by atoms with Gasteiger partial charge in [0.25, 0.3) is 5.91 Å². The normalized spacial score (nSPS) is 17.7. The van der Waals surface area contributed by atoms with Gasteiger partial charge < -0.3 is 15.0 Å². The second kappa shape index (κ2) is 8.91. The van der Waals surface area contributed by atoms with Gasteiger partial charge in [-0.05, 0) is 32.5 Å². The maximum atomic E-state index is 12.1. The predicted octanol–water partition coefficient (Wildman–Crippen LogP) is 2.32. The van der Waals surface area contributed by atoms with Crippen molar-refractivity contribution in [2.75, 3.05) is 20.2 Å². The van der Waals surface area contributed by atoms with Crippen LogP contribution in [0, 0.1) is 0 Å². The summed E-state index contributed by atoms with van der Waals surface area (Å²) in [6.07, 6.45) is 9.62. The fourth-order valence-corrected chi connectivity index (χ4v) is 3.07. The first-order valence-corrected chi connectivity index (χ1v) is 9.03. The number of rotatable bonds is 6. The minimum absolute atomic E-state index is 0.238. The number of halogens is 1. The number of amides is 1. The Labute approximate surface area is 157 Å². The van der Waals surface area contributed by atoms with Crippen LogP contribution in [0.5, 0.6) is 5.75 Å². The Bertz CT molecular complexity index is 744. The molecule has 0 radical (unpaired) electrons. The molecule has 0 saturated carbocycles. The second-order valence-electron chi connectivity index (χ2n) is 6.34. The first kappa shape index (κ1) is 18.5. The molecule has 138 valence electrons. The molecule has 1 fully saturated rings. The summed E-state index contributed by atoms with van der Waals surface area (Å²) in [5, 5.41) is 3.11. The summed E-state index contributed by atoms with van der Waals surface area (Å²) in [6, 6.07) is 2.23. The molecule has 8 heteroatoms. The van der Waals surface area contributed by atoms with Gasteiger partial charge in [-0.25, -0.2) is 9.97 Å². The first-order chi connectivity index (χ1) is 12.6. The zero-order valence-corrected chi connectivity index (χ0v) is 15.4. The fourth-order valence-electron chi connectivity index (χ4n) is 2.90. The van der Waals surface area contributed by atoms with E-state index >= 15 is 0 Å². The Morgan fingerprint density at radius 2 is 2.23 bits per heavy atom. The van der Waals surface area contributed by atoms with Gasteiger partial charge >= 0.3 is 0 Å². The third-order valence-corrected chi connectivity index (χ3v) is 4.83. The molecular formula is C18H22ClN5O2. The van der Waals surface area contributed by atoms with Crippen LogP contribution in [-0.4, -0.2) is 52.0 Å².